The molecule has 0 radical (unpaired) electrons. The van der Waals surface area contributed by atoms with E-state index in [0.717, 1.165) is 69.4 Å². The van der Waals surface area contributed by atoms with E-state index in [-0.39, 0.29) is 24.0 Å². The molecule has 2 aliphatic rings. The second kappa shape index (κ2) is 11.2. The summed E-state index contributed by atoms with van der Waals surface area (Å²) < 4.78 is 0. The monoisotopic (exact) mass is 500 g/mol. The molecule has 158 valence electrons. The second-order valence-corrected chi connectivity index (χ2v) is 8.44. The zero-order valence-corrected chi connectivity index (χ0v) is 20.2. The number of aromatic nitrogens is 1. The molecule has 1 unspecified atom stereocenters. The van der Waals surface area contributed by atoms with Gasteiger partial charge in [-0.05, 0) is 49.4 Å². The molecular formula is C21H37IN6. The number of aliphatic imine (C=N–C) groups is 1. The third-order valence-corrected chi connectivity index (χ3v) is 5.69. The Labute approximate surface area is 187 Å². The van der Waals surface area contributed by atoms with Gasteiger partial charge in [0.2, 0.25) is 0 Å². The highest BCUT2D eigenvalue weighted by Crippen LogP contribution is 2.23. The van der Waals surface area contributed by atoms with Crippen molar-refractivity contribution in [3.63, 3.8) is 0 Å². The minimum Gasteiger partial charge on any atom is -0.354 e. The number of nitrogens with one attached hydrogen (secondary N) is 1. The van der Waals surface area contributed by atoms with E-state index in [9.17, 15) is 0 Å². The summed E-state index contributed by atoms with van der Waals surface area (Å²) in [5.74, 6) is 3.69. The van der Waals surface area contributed by atoms with Crippen LogP contribution in [0.4, 0.5) is 5.82 Å². The fraction of sp³-hybridized carbons (Fsp3) is 0.714. The van der Waals surface area contributed by atoms with Crippen LogP contribution in [-0.4, -0.2) is 74.1 Å². The number of likely N-dealkylation sites (tertiary alicyclic amines) is 1. The van der Waals surface area contributed by atoms with Crippen LogP contribution in [0, 0.1) is 11.8 Å². The molecular weight excluding hydrogens is 463 g/mol. The van der Waals surface area contributed by atoms with Gasteiger partial charge in [0.05, 0.1) is 0 Å². The maximum absolute atomic E-state index is 4.59. The van der Waals surface area contributed by atoms with E-state index >= 15 is 0 Å². The number of nitrogens with zero attached hydrogens (tertiary/aromatic N) is 5. The number of guanidine groups is 1. The van der Waals surface area contributed by atoms with Gasteiger partial charge in [0, 0.05) is 59.1 Å². The average Bonchev–Trinajstić information content (AvgIpc) is 3.10. The van der Waals surface area contributed by atoms with Crippen LogP contribution in [0.5, 0.6) is 0 Å². The fourth-order valence-electron chi connectivity index (χ4n) is 4.18. The van der Waals surface area contributed by atoms with Gasteiger partial charge in [0.25, 0.3) is 0 Å². The molecule has 28 heavy (non-hydrogen) atoms. The SMILES string of the molecule is CN=C(NCc1ccnc(N2CCN(C)CC2)c1)N1CCC(CC(C)C)C1.I. The molecule has 6 nitrogen and oxygen atoms in total. The van der Waals surface area contributed by atoms with Crippen molar-refractivity contribution in [3.8, 4) is 0 Å². The van der Waals surface area contributed by atoms with Crippen LogP contribution in [0.1, 0.15) is 32.3 Å². The molecule has 0 aromatic carbocycles. The summed E-state index contributed by atoms with van der Waals surface area (Å²) in [5.41, 5.74) is 1.26. The molecule has 0 bridgehead atoms. The van der Waals surface area contributed by atoms with E-state index in [2.05, 4.69) is 63.0 Å². The summed E-state index contributed by atoms with van der Waals surface area (Å²) in [5, 5.41) is 3.56. The van der Waals surface area contributed by atoms with Gasteiger partial charge < -0.3 is 20.0 Å². The smallest absolute Gasteiger partial charge is 0.193 e. The zero-order chi connectivity index (χ0) is 19.2. The van der Waals surface area contributed by atoms with E-state index in [4.69, 9.17) is 0 Å². The van der Waals surface area contributed by atoms with Crippen molar-refractivity contribution >= 4 is 35.8 Å². The van der Waals surface area contributed by atoms with Gasteiger partial charge in [-0.15, -0.1) is 24.0 Å². The number of anilines is 1. The van der Waals surface area contributed by atoms with Gasteiger partial charge in [-0.1, -0.05) is 13.8 Å². The number of rotatable bonds is 5. The fourth-order valence-corrected chi connectivity index (χ4v) is 4.18. The van der Waals surface area contributed by atoms with Crippen molar-refractivity contribution in [2.75, 3.05) is 58.3 Å². The van der Waals surface area contributed by atoms with Crippen LogP contribution in [0.25, 0.3) is 0 Å². The first-order valence-electron chi connectivity index (χ1n) is 10.4. The molecule has 2 saturated heterocycles. The lowest BCUT2D eigenvalue weighted by Crippen LogP contribution is -2.44. The number of halogens is 1. The van der Waals surface area contributed by atoms with Crippen LogP contribution in [0.15, 0.2) is 23.3 Å². The Morgan fingerprint density at radius 3 is 2.68 bits per heavy atom. The maximum Gasteiger partial charge on any atom is 0.193 e. The van der Waals surface area contributed by atoms with Gasteiger partial charge in [0.15, 0.2) is 5.96 Å². The highest BCUT2D eigenvalue weighted by Gasteiger charge is 2.25. The maximum atomic E-state index is 4.59. The highest BCUT2D eigenvalue weighted by molar-refractivity contribution is 14.0. The number of piperazine rings is 1. The summed E-state index contributed by atoms with van der Waals surface area (Å²) >= 11 is 0. The van der Waals surface area contributed by atoms with Crippen LogP contribution < -0.4 is 10.2 Å². The van der Waals surface area contributed by atoms with Crippen LogP contribution in [-0.2, 0) is 6.54 Å². The molecule has 1 N–H and O–H groups in total. The third-order valence-electron chi connectivity index (χ3n) is 5.69. The van der Waals surface area contributed by atoms with Crippen molar-refractivity contribution in [2.24, 2.45) is 16.8 Å². The zero-order valence-electron chi connectivity index (χ0n) is 17.9. The van der Waals surface area contributed by atoms with Crippen LogP contribution in [0.2, 0.25) is 0 Å². The van der Waals surface area contributed by atoms with Crippen molar-refractivity contribution in [1.82, 2.24) is 20.1 Å². The molecule has 2 aliphatic heterocycles. The highest BCUT2D eigenvalue weighted by atomic mass is 127. The Balaban J connectivity index is 0.00000280. The third kappa shape index (κ3) is 6.47. The van der Waals surface area contributed by atoms with E-state index < -0.39 is 0 Å². The summed E-state index contributed by atoms with van der Waals surface area (Å²) in [6.07, 6.45) is 4.52. The van der Waals surface area contributed by atoms with Crippen LogP contribution >= 0.6 is 24.0 Å². The Bertz CT molecular complexity index is 627. The minimum absolute atomic E-state index is 0. The Hall–Kier alpha value is -1.09. The largest absolute Gasteiger partial charge is 0.354 e. The molecule has 1 aromatic rings. The molecule has 3 rings (SSSR count). The molecule has 0 amide bonds. The number of hydrogen-bond acceptors (Lipinski definition) is 4. The van der Waals surface area contributed by atoms with E-state index in [0.29, 0.717) is 0 Å². The van der Waals surface area contributed by atoms with Gasteiger partial charge in [-0.25, -0.2) is 4.98 Å². The number of likely N-dealkylation sites (N-methyl/N-ethyl adjacent to an activating group) is 1. The topological polar surface area (TPSA) is 47.0 Å². The Morgan fingerprint density at radius 1 is 1.25 bits per heavy atom. The number of pyridine rings is 1. The second-order valence-electron chi connectivity index (χ2n) is 8.44. The summed E-state index contributed by atoms with van der Waals surface area (Å²) in [4.78, 5) is 16.3. The molecule has 0 saturated carbocycles. The average molecular weight is 500 g/mol. The van der Waals surface area contributed by atoms with Gasteiger partial charge in [-0.2, -0.15) is 0 Å². The van der Waals surface area contributed by atoms with Crippen molar-refractivity contribution in [1.29, 1.82) is 0 Å². The lowest BCUT2D eigenvalue weighted by atomic mass is 9.97. The molecule has 0 aliphatic carbocycles. The predicted molar refractivity (Wildman–Crippen MR) is 129 cm³/mol. The Morgan fingerprint density at radius 2 is 2.00 bits per heavy atom. The van der Waals surface area contributed by atoms with E-state index in [1.165, 1.54) is 18.4 Å². The van der Waals surface area contributed by atoms with Crippen molar-refractivity contribution in [3.05, 3.63) is 23.9 Å². The van der Waals surface area contributed by atoms with E-state index in [1.54, 1.807) is 0 Å². The van der Waals surface area contributed by atoms with Crippen LogP contribution in [0.3, 0.4) is 0 Å². The van der Waals surface area contributed by atoms with Crippen molar-refractivity contribution < 1.29 is 0 Å². The standard InChI is InChI=1S/C21H36N6.HI/c1-17(2)13-19-6-8-27(16-19)21(22-3)24-15-18-5-7-23-20(14-18)26-11-9-25(4)10-12-26;/h5,7,14,17,19H,6,8-13,15-16H2,1-4H3,(H,22,24);1H. The summed E-state index contributed by atoms with van der Waals surface area (Å²) in [7, 11) is 4.07. The lowest BCUT2D eigenvalue weighted by Gasteiger charge is -2.33. The quantitative estimate of drug-likeness (QED) is 0.383. The van der Waals surface area contributed by atoms with Gasteiger partial charge in [-0.3, -0.25) is 4.99 Å². The predicted octanol–water partition coefficient (Wildman–Crippen LogP) is 2.89. The molecule has 2 fully saturated rings. The van der Waals surface area contributed by atoms with Gasteiger partial charge in [0.1, 0.15) is 5.82 Å². The first-order chi connectivity index (χ1) is 13.0. The Kier molecular flexibility index (Phi) is 9.27. The first kappa shape index (κ1) is 23.2. The number of hydrogen-bond donors (Lipinski definition) is 1. The summed E-state index contributed by atoms with van der Waals surface area (Å²) in [6.45, 7) is 12.0. The summed E-state index contributed by atoms with van der Waals surface area (Å²) in [6, 6.07) is 4.32. The van der Waals surface area contributed by atoms with E-state index in [1.807, 2.05) is 13.2 Å². The molecule has 3 heterocycles. The molecule has 1 atom stereocenters. The first-order valence-corrected chi connectivity index (χ1v) is 10.4. The molecule has 7 heteroatoms. The minimum atomic E-state index is 0. The normalized spacial score (nSPS) is 21.2. The van der Waals surface area contributed by atoms with Gasteiger partial charge >= 0.3 is 0 Å². The lowest BCUT2D eigenvalue weighted by molar-refractivity contribution is 0.312. The molecule has 0 spiro atoms. The molecule has 1 aromatic heterocycles. The van der Waals surface area contributed by atoms with Crippen molar-refractivity contribution in [2.45, 2.75) is 33.2 Å².